The summed E-state index contributed by atoms with van der Waals surface area (Å²) in [6.45, 7) is 0.0482. The first-order chi connectivity index (χ1) is 12.4. The molecule has 0 radical (unpaired) electrons. The molecule has 6 nitrogen and oxygen atoms in total. The summed E-state index contributed by atoms with van der Waals surface area (Å²) in [5.41, 5.74) is 3.33. The van der Waals surface area contributed by atoms with Gasteiger partial charge in [-0.15, -0.1) is 0 Å². The van der Waals surface area contributed by atoms with E-state index in [0.29, 0.717) is 0 Å². The molecule has 136 valence electrons. The zero-order chi connectivity index (χ0) is 18.3. The van der Waals surface area contributed by atoms with Crippen LogP contribution in [0.2, 0.25) is 0 Å². The number of rotatable bonds is 3. The van der Waals surface area contributed by atoms with E-state index in [9.17, 15) is 18.4 Å². The molecule has 0 bridgehead atoms. The molecule has 1 aromatic heterocycles. The lowest BCUT2D eigenvalue weighted by Gasteiger charge is -2.44. The number of ether oxygens (including phenoxy) is 1. The van der Waals surface area contributed by atoms with Gasteiger partial charge in [-0.2, -0.15) is 0 Å². The van der Waals surface area contributed by atoms with Gasteiger partial charge >= 0.3 is 0 Å². The van der Waals surface area contributed by atoms with E-state index in [0.717, 1.165) is 5.56 Å². The topological polar surface area (TPSA) is 63.6 Å². The van der Waals surface area contributed by atoms with E-state index in [1.807, 2.05) is 30.3 Å². The monoisotopic (exact) mass is 361 g/mol. The van der Waals surface area contributed by atoms with Crippen LogP contribution in [0.25, 0.3) is 0 Å². The third-order valence-electron chi connectivity index (χ3n) is 4.62. The van der Waals surface area contributed by atoms with E-state index in [1.54, 1.807) is 0 Å². The van der Waals surface area contributed by atoms with Gasteiger partial charge in [0.05, 0.1) is 6.42 Å². The Balaban J connectivity index is 1.66. The zero-order valence-corrected chi connectivity index (χ0v) is 13.8. The lowest BCUT2D eigenvalue weighted by Crippen LogP contribution is -2.59. The van der Waals surface area contributed by atoms with E-state index in [1.165, 1.54) is 21.8 Å². The Morgan fingerprint density at radius 3 is 2.73 bits per heavy atom. The lowest BCUT2D eigenvalue weighted by atomic mass is 10.0. The standard InChI is InChI=1S/C18H17F2N3O3/c19-18(20)7-9-22-14(10-18)21-23-8-6-13(24)16(15(23)17(22)25)26-11-12-4-2-1-3-5-12/h1-6,8,14,21H,7,9-11H2. The van der Waals surface area contributed by atoms with Gasteiger partial charge in [0.15, 0.2) is 11.4 Å². The molecule has 0 saturated carbocycles. The Labute approximate surface area is 148 Å². The fourth-order valence-corrected chi connectivity index (χ4v) is 3.29. The number of carbonyl (C=O) groups is 1. The van der Waals surface area contributed by atoms with Crippen molar-refractivity contribution in [2.75, 3.05) is 12.0 Å². The Bertz CT molecular complexity index is 898. The highest BCUT2D eigenvalue weighted by Gasteiger charge is 2.45. The fourth-order valence-electron chi connectivity index (χ4n) is 3.29. The van der Waals surface area contributed by atoms with Crippen LogP contribution in [0.4, 0.5) is 8.78 Å². The van der Waals surface area contributed by atoms with Gasteiger partial charge in [-0.25, -0.2) is 8.78 Å². The SMILES string of the molecule is O=C1c2c(OCc3ccccc3)c(=O)ccn2NC2CC(F)(F)CCN12. The molecule has 2 aliphatic rings. The number of amides is 1. The Kier molecular flexibility index (Phi) is 3.90. The summed E-state index contributed by atoms with van der Waals surface area (Å²) >= 11 is 0. The minimum Gasteiger partial charge on any atom is -0.482 e. The second kappa shape index (κ2) is 6.12. The summed E-state index contributed by atoms with van der Waals surface area (Å²) in [4.78, 5) is 26.4. The Morgan fingerprint density at radius 2 is 1.96 bits per heavy atom. The van der Waals surface area contributed by atoms with E-state index < -0.39 is 36.3 Å². The minimum absolute atomic E-state index is 0.0369. The van der Waals surface area contributed by atoms with Crippen LogP contribution in [0.3, 0.4) is 0 Å². The van der Waals surface area contributed by atoms with Crippen molar-refractivity contribution in [3.8, 4) is 5.75 Å². The molecule has 4 rings (SSSR count). The number of nitrogens with zero attached hydrogens (tertiary/aromatic N) is 2. The molecule has 1 N–H and O–H groups in total. The van der Waals surface area contributed by atoms with Crippen LogP contribution in [0, 0.1) is 0 Å². The maximum Gasteiger partial charge on any atom is 0.278 e. The number of halogens is 2. The number of carbonyl (C=O) groups excluding carboxylic acids is 1. The highest BCUT2D eigenvalue weighted by atomic mass is 19.3. The first-order valence-electron chi connectivity index (χ1n) is 8.32. The van der Waals surface area contributed by atoms with Crippen LogP contribution >= 0.6 is 0 Å². The van der Waals surface area contributed by atoms with Crippen molar-refractivity contribution >= 4 is 5.91 Å². The van der Waals surface area contributed by atoms with E-state index in [-0.39, 0.29) is 24.6 Å². The average molecular weight is 361 g/mol. The van der Waals surface area contributed by atoms with Crippen molar-refractivity contribution < 1.29 is 18.3 Å². The third-order valence-corrected chi connectivity index (χ3v) is 4.62. The number of aromatic nitrogens is 1. The second-order valence-electron chi connectivity index (χ2n) is 6.46. The summed E-state index contributed by atoms with van der Waals surface area (Å²) in [6, 6.07) is 10.5. The molecule has 1 aromatic carbocycles. The van der Waals surface area contributed by atoms with Crippen LogP contribution < -0.4 is 15.6 Å². The van der Waals surface area contributed by atoms with Crippen LogP contribution in [-0.2, 0) is 6.61 Å². The van der Waals surface area contributed by atoms with E-state index in [4.69, 9.17) is 4.74 Å². The molecule has 1 atom stereocenters. The van der Waals surface area contributed by atoms with Gasteiger partial charge in [0.2, 0.25) is 5.43 Å². The van der Waals surface area contributed by atoms with Crippen LogP contribution in [-0.4, -0.2) is 34.1 Å². The maximum atomic E-state index is 13.7. The molecule has 0 spiro atoms. The average Bonchev–Trinajstić information content (AvgIpc) is 2.61. The smallest absolute Gasteiger partial charge is 0.278 e. The highest BCUT2D eigenvalue weighted by Crippen LogP contribution is 2.34. The normalized spacial score (nSPS) is 20.8. The van der Waals surface area contributed by atoms with E-state index in [2.05, 4.69) is 5.43 Å². The molecular formula is C18H17F2N3O3. The number of fused-ring (bicyclic) bond motifs is 2. The van der Waals surface area contributed by atoms with Crippen LogP contribution in [0.1, 0.15) is 28.9 Å². The van der Waals surface area contributed by atoms with Crippen molar-refractivity contribution in [1.82, 2.24) is 9.58 Å². The van der Waals surface area contributed by atoms with Crippen molar-refractivity contribution in [3.63, 3.8) is 0 Å². The third kappa shape index (κ3) is 2.91. The van der Waals surface area contributed by atoms with Crippen molar-refractivity contribution in [1.29, 1.82) is 0 Å². The molecule has 26 heavy (non-hydrogen) atoms. The Hall–Kier alpha value is -2.90. The summed E-state index contributed by atoms with van der Waals surface area (Å²) < 4.78 is 34.3. The molecule has 8 heteroatoms. The van der Waals surface area contributed by atoms with Gasteiger partial charge in [0.1, 0.15) is 12.8 Å². The number of hydrogen-bond donors (Lipinski definition) is 1. The molecular weight excluding hydrogens is 344 g/mol. The van der Waals surface area contributed by atoms with Gasteiger partial charge in [0, 0.05) is 25.2 Å². The van der Waals surface area contributed by atoms with Crippen molar-refractivity contribution in [2.24, 2.45) is 0 Å². The minimum atomic E-state index is -2.82. The van der Waals surface area contributed by atoms with Crippen LogP contribution in [0.5, 0.6) is 5.75 Å². The predicted molar refractivity (Wildman–Crippen MR) is 89.8 cm³/mol. The number of hydrogen-bond acceptors (Lipinski definition) is 4. The van der Waals surface area contributed by atoms with Gasteiger partial charge < -0.3 is 15.1 Å². The van der Waals surface area contributed by atoms with Crippen molar-refractivity contribution in [2.45, 2.75) is 31.5 Å². The van der Waals surface area contributed by atoms with Crippen molar-refractivity contribution in [3.05, 3.63) is 64.1 Å². The van der Waals surface area contributed by atoms with Crippen LogP contribution in [0.15, 0.2) is 47.4 Å². The predicted octanol–water partition coefficient (Wildman–Crippen LogP) is 2.18. The molecule has 1 unspecified atom stereocenters. The fraction of sp³-hybridized carbons (Fsp3) is 0.333. The molecule has 1 fully saturated rings. The number of pyridine rings is 1. The maximum absolute atomic E-state index is 13.7. The van der Waals surface area contributed by atoms with Gasteiger partial charge in [-0.3, -0.25) is 14.3 Å². The van der Waals surface area contributed by atoms with E-state index >= 15 is 0 Å². The molecule has 3 heterocycles. The number of nitrogens with one attached hydrogen (secondary N) is 1. The molecule has 0 aliphatic carbocycles. The quantitative estimate of drug-likeness (QED) is 0.910. The summed E-state index contributed by atoms with van der Waals surface area (Å²) in [7, 11) is 0. The zero-order valence-electron chi connectivity index (χ0n) is 13.8. The number of alkyl halides is 2. The second-order valence-corrected chi connectivity index (χ2v) is 6.46. The summed E-state index contributed by atoms with van der Waals surface area (Å²) in [5.74, 6) is -3.38. The molecule has 2 aromatic rings. The largest absolute Gasteiger partial charge is 0.482 e. The first-order valence-corrected chi connectivity index (χ1v) is 8.32. The number of benzene rings is 1. The first kappa shape index (κ1) is 16.6. The summed E-state index contributed by atoms with van der Waals surface area (Å²) in [6.07, 6.45) is -0.309. The molecule has 2 aliphatic heterocycles. The summed E-state index contributed by atoms with van der Waals surface area (Å²) in [5, 5.41) is 0. The Morgan fingerprint density at radius 1 is 1.19 bits per heavy atom. The van der Waals surface area contributed by atoms with Gasteiger partial charge in [-0.1, -0.05) is 30.3 Å². The molecule has 1 saturated heterocycles. The van der Waals surface area contributed by atoms with Gasteiger partial charge in [-0.05, 0) is 5.56 Å². The molecule has 1 amide bonds. The number of piperidine rings is 1. The lowest BCUT2D eigenvalue weighted by molar-refractivity contribution is -0.0692. The highest BCUT2D eigenvalue weighted by molar-refractivity contribution is 5.96. The van der Waals surface area contributed by atoms with Gasteiger partial charge in [0.25, 0.3) is 11.8 Å².